The van der Waals surface area contributed by atoms with Gasteiger partial charge in [-0.2, -0.15) is 0 Å². The van der Waals surface area contributed by atoms with Crippen LogP contribution < -0.4 is 10.1 Å². The van der Waals surface area contributed by atoms with E-state index in [0.717, 1.165) is 15.6 Å². The Balaban J connectivity index is 1.55. The second kappa shape index (κ2) is 15.1. The first kappa shape index (κ1) is 32.1. The molecule has 0 saturated heterocycles. The van der Waals surface area contributed by atoms with E-state index in [0.29, 0.717) is 53.6 Å². The SMILES string of the molecule is [N-]=[N+]=Nc1ccccc1[C@H]1OC(c2ccc(OCCCO)cc2)=N[C@@]1(Cc1ccc(Br)cc1)C(=O)NCCc1ccc(Cl)cc1. The average Bonchev–Trinajstić information content (AvgIpc) is 3.44. The Morgan fingerprint density at radius 2 is 1.76 bits per heavy atom. The van der Waals surface area contributed by atoms with E-state index < -0.39 is 11.6 Å². The van der Waals surface area contributed by atoms with Gasteiger partial charge in [0.1, 0.15) is 5.75 Å². The van der Waals surface area contributed by atoms with Crippen molar-refractivity contribution < 1.29 is 19.4 Å². The highest BCUT2D eigenvalue weighted by molar-refractivity contribution is 9.10. The summed E-state index contributed by atoms with van der Waals surface area (Å²) in [7, 11) is 0. The molecular formula is C34H31BrClN5O4. The number of aliphatic hydroxyl groups excluding tert-OH is 1. The van der Waals surface area contributed by atoms with Crippen molar-refractivity contribution in [1.82, 2.24) is 5.32 Å². The van der Waals surface area contributed by atoms with Crippen LogP contribution in [0.4, 0.5) is 5.69 Å². The summed E-state index contributed by atoms with van der Waals surface area (Å²) in [6.07, 6.45) is 0.421. The van der Waals surface area contributed by atoms with Gasteiger partial charge >= 0.3 is 0 Å². The lowest BCUT2D eigenvalue weighted by atomic mass is 9.81. The van der Waals surface area contributed by atoms with Crippen molar-refractivity contribution in [2.75, 3.05) is 19.8 Å². The lowest BCUT2D eigenvalue weighted by molar-refractivity contribution is -0.128. The third-order valence-corrected chi connectivity index (χ3v) is 8.18. The highest BCUT2D eigenvalue weighted by atomic mass is 79.9. The number of halogens is 2. The van der Waals surface area contributed by atoms with E-state index in [1.54, 1.807) is 30.3 Å². The van der Waals surface area contributed by atoms with E-state index in [4.69, 9.17) is 31.2 Å². The summed E-state index contributed by atoms with van der Waals surface area (Å²) < 4.78 is 13.2. The molecule has 0 unspecified atom stereocenters. The largest absolute Gasteiger partial charge is 0.494 e. The number of nitrogens with zero attached hydrogens (tertiary/aromatic N) is 4. The van der Waals surface area contributed by atoms with Gasteiger partial charge in [0.15, 0.2) is 11.6 Å². The van der Waals surface area contributed by atoms with Crippen LogP contribution in [-0.4, -0.2) is 42.2 Å². The summed E-state index contributed by atoms with van der Waals surface area (Å²) in [5, 5.41) is 16.7. The summed E-state index contributed by atoms with van der Waals surface area (Å²) in [5.41, 5.74) is 11.3. The van der Waals surface area contributed by atoms with Crippen molar-refractivity contribution in [3.05, 3.63) is 139 Å². The van der Waals surface area contributed by atoms with Crippen LogP contribution in [0, 0.1) is 0 Å². The van der Waals surface area contributed by atoms with Crippen LogP contribution >= 0.6 is 27.5 Å². The van der Waals surface area contributed by atoms with Gasteiger partial charge in [-0.25, -0.2) is 4.99 Å². The number of hydrogen-bond donors (Lipinski definition) is 2. The normalized spacial score (nSPS) is 17.1. The van der Waals surface area contributed by atoms with Gasteiger partial charge in [-0.15, -0.1) is 0 Å². The number of azide groups is 1. The molecule has 0 spiro atoms. The number of rotatable bonds is 13. The van der Waals surface area contributed by atoms with Gasteiger partial charge in [0.05, 0.1) is 6.61 Å². The minimum Gasteiger partial charge on any atom is -0.494 e. The lowest BCUT2D eigenvalue weighted by Gasteiger charge is -2.31. The molecule has 1 aliphatic heterocycles. The van der Waals surface area contributed by atoms with Crippen LogP contribution in [0.5, 0.6) is 5.75 Å². The molecule has 230 valence electrons. The van der Waals surface area contributed by atoms with Crippen molar-refractivity contribution in [2.45, 2.75) is 30.9 Å². The molecule has 45 heavy (non-hydrogen) atoms. The molecule has 11 heteroatoms. The van der Waals surface area contributed by atoms with Crippen LogP contribution in [0.2, 0.25) is 5.02 Å². The first-order valence-corrected chi connectivity index (χ1v) is 15.6. The fraction of sp³-hybridized carbons (Fsp3) is 0.235. The Labute approximate surface area is 274 Å². The van der Waals surface area contributed by atoms with Crippen molar-refractivity contribution in [1.29, 1.82) is 0 Å². The molecule has 0 bridgehead atoms. The number of carbonyl (C=O) groups excluding carboxylic acids is 1. The number of nitrogens with one attached hydrogen (secondary N) is 1. The molecule has 2 atom stereocenters. The highest BCUT2D eigenvalue weighted by Gasteiger charge is 2.53. The predicted molar refractivity (Wildman–Crippen MR) is 178 cm³/mol. The van der Waals surface area contributed by atoms with E-state index in [2.05, 4.69) is 31.3 Å². The minimum atomic E-state index is -1.44. The second-order valence-electron chi connectivity index (χ2n) is 10.5. The topological polar surface area (TPSA) is 129 Å². The van der Waals surface area contributed by atoms with E-state index in [1.165, 1.54) is 0 Å². The first-order chi connectivity index (χ1) is 21.9. The average molecular weight is 689 g/mol. The van der Waals surface area contributed by atoms with Gasteiger partial charge in [-0.1, -0.05) is 81.2 Å². The molecule has 0 aliphatic carbocycles. The number of amides is 1. The third kappa shape index (κ3) is 7.85. The van der Waals surface area contributed by atoms with Gasteiger partial charge in [-0.05, 0) is 71.6 Å². The molecule has 1 aliphatic rings. The van der Waals surface area contributed by atoms with Crippen LogP contribution in [0.25, 0.3) is 10.4 Å². The molecule has 0 radical (unpaired) electrons. The van der Waals surface area contributed by atoms with Gasteiger partial charge in [0.2, 0.25) is 5.90 Å². The smallest absolute Gasteiger partial charge is 0.252 e. The quantitative estimate of drug-likeness (QED) is 0.0647. The molecule has 4 aromatic carbocycles. The second-order valence-corrected chi connectivity index (χ2v) is 11.8. The zero-order valence-corrected chi connectivity index (χ0v) is 26.6. The molecule has 0 fully saturated rings. The number of ether oxygens (including phenoxy) is 2. The Morgan fingerprint density at radius 3 is 2.47 bits per heavy atom. The first-order valence-electron chi connectivity index (χ1n) is 14.4. The van der Waals surface area contributed by atoms with E-state index in [-0.39, 0.29) is 24.8 Å². The molecular weight excluding hydrogens is 658 g/mol. The van der Waals surface area contributed by atoms with Crippen molar-refractivity contribution >= 4 is 45.0 Å². The van der Waals surface area contributed by atoms with E-state index in [1.807, 2.05) is 66.7 Å². The fourth-order valence-corrected chi connectivity index (χ4v) is 5.54. The molecule has 4 aromatic rings. The highest BCUT2D eigenvalue weighted by Crippen LogP contribution is 2.45. The van der Waals surface area contributed by atoms with Crippen LogP contribution in [0.3, 0.4) is 0 Å². The molecule has 0 aromatic heterocycles. The fourth-order valence-electron chi connectivity index (χ4n) is 5.15. The van der Waals surface area contributed by atoms with E-state index >= 15 is 0 Å². The third-order valence-electron chi connectivity index (χ3n) is 7.40. The van der Waals surface area contributed by atoms with Crippen molar-refractivity contribution in [3.8, 4) is 5.75 Å². The monoisotopic (exact) mass is 687 g/mol. The summed E-state index contributed by atoms with van der Waals surface area (Å²) in [5.74, 6) is 0.596. The minimum absolute atomic E-state index is 0.0453. The Hall–Kier alpha value is -4.34. The molecule has 0 saturated carbocycles. The number of aliphatic imine (C=N–C) groups is 1. The Kier molecular flexibility index (Phi) is 10.8. The van der Waals surface area contributed by atoms with Gasteiger partial charge in [0, 0.05) is 57.2 Å². The van der Waals surface area contributed by atoms with Gasteiger partial charge in [0.25, 0.3) is 5.91 Å². The van der Waals surface area contributed by atoms with Gasteiger partial charge in [-0.3, -0.25) is 4.79 Å². The molecule has 5 rings (SSSR count). The maximum absolute atomic E-state index is 14.4. The summed E-state index contributed by atoms with van der Waals surface area (Å²) in [6.45, 7) is 0.791. The number of hydrogen-bond acceptors (Lipinski definition) is 6. The van der Waals surface area contributed by atoms with Crippen LogP contribution in [0.1, 0.15) is 34.8 Å². The van der Waals surface area contributed by atoms with Crippen molar-refractivity contribution in [3.63, 3.8) is 0 Å². The number of carbonyl (C=O) groups is 1. The zero-order chi connectivity index (χ0) is 31.6. The van der Waals surface area contributed by atoms with E-state index in [9.17, 15) is 10.3 Å². The predicted octanol–water partition coefficient (Wildman–Crippen LogP) is 7.66. The molecule has 1 heterocycles. The summed E-state index contributed by atoms with van der Waals surface area (Å²) >= 11 is 9.54. The molecule has 1 amide bonds. The van der Waals surface area contributed by atoms with Crippen molar-refractivity contribution in [2.24, 2.45) is 10.1 Å². The van der Waals surface area contributed by atoms with Crippen LogP contribution in [-0.2, 0) is 22.4 Å². The number of benzene rings is 4. The van der Waals surface area contributed by atoms with Gasteiger partial charge < -0.3 is 19.9 Å². The van der Waals surface area contributed by atoms with Crippen LogP contribution in [0.15, 0.2) is 112 Å². The maximum atomic E-state index is 14.4. The number of aliphatic hydroxyl groups is 1. The maximum Gasteiger partial charge on any atom is 0.252 e. The molecule has 9 nitrogen and oxygen atoms in total. The Morgan fingerprint density at radius 1 is 1.04 bits per heavy atom. The summed E-state index contributed by atoms with van der Waals surface area (Å²) in [4.78, 5) is 22.5. The standard InChI is InChI=1S/C34H31BrClN5O4/c35-26-12-6-24(7-13-26)22-34(33(43)38-19-18-23-8-14-27(36)15-9-23)31(29-4-1-2-5-30(29)40-41-37)45-32(39-34)25-10-16-28(17-11-25)44-21-3-20-42/h1-2,4-17,31,42H,3,18-22H2,(H,38,43)/t31-,34-/m1/s1. The summed E-state index contributed by atoms with van der Waals surface area (Å²) in [6, 6.07) is 29.5. The Bertz CT molecular complexity index is 1690. The zero-order valence-electron chi connectivity index (χ0n) is 24.3. The molecule has 2 N–H and O–H groups in total. The lowest BCUT2D eigenvalue weighted by Crippen LogP contribution is -2.50.